The summed E-state index contributed by atoms with van der Waals surface area (Å²) in [7, 11) is 0. The molecular formula is C16H19BrN2O4. The molecule has 0 aliphatic carbocycles. The number of hydrogen-bond acceptors (Lipinski definition) is 4. The van der Waals surface area contributed by atoms with Crippen LogP contribution >= 0.6 is 15.9 Å². The van der Waals surface area contributed by atoms with Gasteiger partial charge in [-0.05, 0) is 52.8 Å². The van der Waals surface area contributed by atoms with E-state index in [4.69, 9.17) is 4.74 Å². The van der Waals surface area contributed by atoms with Crippen LogP contribution in [0, 0.1) is 0 Å². The lowest BCUT2D eigenvalue weighted by atomic mass is 10.0. The predicted molar refractivity (Wildman–Crippen MR) is 91.7 cm³/mol. The van der Waals surface area contributed by atoms with Crippen molar-refractivity contribution in [2.75, 3.05) is 0 Å². The molecule has 1 aromatic carbocycles. The molecule has 1 heterocycles. The second-order valence-electron chi connectivity index (χ2n) is 6.82. The number of aromatic nitrogens is 2. The van der Waals surface area contributed by atoms with Crippen LogP contribution in [0.4, 0.5) is 0 Å². The molecule has 0 aliphatic rings. The molecule has 0 radical (unpaired) electrons. The Morgan fingerprint density at radius 2 is 1.78 bits per heavy atom. The summed E-state index contributed by atoms with van der Waals surface area (Å²) in [5.41, 5.74) is -2.93. The summed E-state index contributed by atoms with van der Waals surface area (Å²) in [6.45, 7) is 8.16. The maximum absolute atomic E-state index is 12.7. The van der Waals surface area contributed by atoms with E-state index in [1.54, 1.807) is 39.0 Å². The highest BCUT2D eigenvalue weighted by molar-refractivity contribution is 9.10. The predicted octanol–water partition coefficient (Wildman–Crippen LogP) is 2.53. The number of carbonyl (C=O) groups is 1. The van der Waals surface area contributed by atoms with Gasteiger partial charge in [-0.2, -0.15) is 0 Å². The van der Waals surface area contributed by atoms with Crippen molar-refractivity contribution >= 4 is 32.8 Å². The molecular weight excluding hydrogens is 364 g/mol. The van der Waals surface area contributed by atoms with Gasteiger partial charge in [-0.25, -0.2) is 14.2 Å². The fourth-order valence-electron chi connectivity index (χ4n) is 2.19. The van der Waals surface area contributed by atoms with E-state index >= 15 is 0 Å². The average Bonchev–Trinajstić information content (AvgIpc) is 2.37. The number of hydrogen-bond donors (Lipinski definition) is 1. The van der Waals surface area contributed by atoms with E-state index in [1.807, 2.05) is 0 Å². The standard InChI is InChI=1S/C16H19BrN2O4/c1-15(2,3)23-13(21)16(4,5)19-12(20)10-8-9(17)6-7-11(10)18-14(19)22/h6-8H,1-5H3,(H,18,22). The molecule has 6 nitrogen and oxygen atoms in total. The topological polar surface area (TPSA) is 81.2 Å². The Labute approximate surface area is 141 Å². The molecule has 2 aromatic rings. The Balaban J connectivity index is 2.69. The first-order valence-electron chi connectivity index (χ1n) is 7.12. The molecule has 0 bridgehead atoms. The zero-order valence-corrected chi connectivity index (χ0v) is 15.3. The van der Waals surface area contributed by atoms with Gasteiger partial charge >= 0.3 is 11.7 Å². The third-order valence-electron chi connectivity index (χ3n) is 3.32. The molecule has 0 fully saturated rings. The van der Waals surface area contributed by atoms with E-state index in [0.29, 0.717) is 15.4 Å². The van der Waals surface area contributed by atoms with Gasteiger partial charge in [0.05, 0.1) is 10.9 Å². The van der Waals surface area contributed by atoms with Gasteiger partial charge in [0.25, 0.3) is 5.56 Å². The van der Waals surface area contributed by atoms with E-state index in [2.05, 4.69) is 20.9 Å². The van der Waals surface area contributed by atoms with E-state index in [0.717, 1.165) is 4.57 Å². The number of aromatic amines is 1. The van der Waals surface area contributed by atoms with Gasteiger partial charge in [-0.15, -0.1) is 0 Å². The van der Waals surface area contributed by atoms with Crippen LogP contribution in [-0.2, 0) is 15.1 Å². The van der Waals surface area contributed by atoms with E-state index < -0.39 is 28.4 Å². The second-order valence-corrected chi connectivity index (χ2v) is 7.74. The molecule has 1 N–H and O–H groups in total. The summed E-state index contributed by atoms with van der Waals surface area (Å²) in [5, 5.41) is 0.315. The molecule has 124 valence electrons. The SMILES string of the molecule is CC(C)(C)OC(=O)C(C)(C)n1c(=O)[nH]c2ccc(Br)cc2c1=O. The molecule has 0 amide bonds. The number of carbonyl (C=O) groups excluding carboxylic acids is 1. The fourth-order valence-corrected chi connectivity index (χ4v) is 2.55. The first kappa shape index (κ1) is 17.5. The van der Waals surface area contributed by atoms with Crippen LogP contribution in [0.25, 0.3) is 10.9 Å². The van der Waals surface area contributed by atoms with Crippen LogP contribution in [0.1, 0.15) is 34.6 Å². The summed E-state index contributed by atoms with van der Waals surface area (Å²) in [6, 6.07) is 4.96. The summed E-state index contributed by atoms with van der Waals surface area (Å²) in [6.07, 6.45) is 0. The Morgan fingerprint density at radius 1 is 1.17 bits per heavy atom. The number of ether oxygens (including phenoxy) is 1. The zero-order chi connectivity index (χ0) is 17.6. The van der Waals surface area contributed by atoms with Crippen molar-refractivity contribution in [3.8, 4) is 0 Å². The Morgan fingerprint density at radius 3 is 2.35 bits per heavy atom. The van der Waals surface area contributed by atoms with E-state index in [-0.39, 0.29) is 0 Å². The molecule has 0 saturated heterocycles. The van der Waals surface area contributed by atoms with Crippen LogP contribution in [0.2, 0.25) is 0 Å². The van der Waals surface area contributed by atoms with Gasteiger partial charge in [0, 0.05) is 4.47 Å². The van der Waals surface area contributed by atoms with Crippen molar-refractivity contribution in [3.63, 3.8) is 0 Å². The van der Waals surface area contributed by atoms with Crippen molar-refractivity contribution < 1.29 is 9.53 Å². The largest absolute Gasteiger partial charge is 0.458 e. The molecule has 23 heavy (non-hydrogen) atoms. The molecule has 0 saturated carbocycles. The number of H-pyrrole nitrogens is 1. The van der Waals surface area contributed by atoms with Gasteiger partial charge in [-0.3, -0.25) is 4.79 Å². The number of fused-ring (bicyclic) bond motifs is 1. The van der Waals surface area contributed by atoms with Gasteiger partial charge in [0.2, 0.25) is 0 Å². The Kier molecular flexibility index (Phi) is 4.28. The van der Waals surface area contributed by atoms with Gasteiger partial charge in [0.1, 0.15) is 11.1 Å². The van der Waals surface area contributed by atoms with Crippen molar-refractivity contribution in [1.29, 1.82) is 0 Å². The molecule has 0 atom stereocenters. The first-order chi connectivity index (χ1) is 10.4. The maximum atomic E-state index is 12.7. The Bertz CT molecular complexity index is 888. The Hall–Kier alpha value is -1.89. The van der Waals surface area contributed by atoms with Gasteiger partial charge in [-0.1, -0.05) is 15.9 Å². The number of esters is 1. The van der Waals surface area contributed by atoms with Crippen LogP contribution in [-0.4, -0.2) is 21.1 Å². The number of nitrogens with one attached hydrogen (secondary N) is 1. The zero-order valence-electron chi connectivity index (χ0n) is 13.7. The third-order valence-corrected chi connectivity index (χ3v) is 3.81. The second kappa shape index (κ2) is 5.63. The number of benzene rings is 1. The van der Waals surface area contributed by atoms with Crippen LogP contribution in [0.15, 0.2) is 32.3 Å². The van der Waals surface area contributed by atoms with Crippen molar-refractivity contribution in [2.24, 2.45) is 0 Å². The fraction of sp³-hybridized carbons (Fsp3) is 0.438. The number of halogens is 1. The summed E-state index contributed by atoms with van der Waals surface area (Å²) >= 11 is 3.30. The van der Waals surface area contributed by atoms with Crippen LogP contribution in [0.3, 0.4) is 0 Å². The lowest BCUT2D eigenvalue weighted by Crippen LogP contribution is -2.52. The number of nitrogens with zero attached hydrogens (tertiary/aromatic N) is 1. The highest BCUT2D eigenvalue weighted by Gasteiger charge is 2.37. The summed E-state index contributed by atoms with van der Waals surface area (Å²) < 4.78 is 6.95. The monoisotopic (exact) mass is 382 g/mol. The highest BCUT2D eigenvalue weighted by atomic mass is 79.9. The average molecular weight is 383 g/mol. The smallest absolute Gasteiger partial charge is 0.332 e. The lowest BCUT2D eigenvalue weighted by Gasteiger charge is -2.29. The minimum absolute atomic E-state index is 0.315. The quantitative estimate of drug-likeness (QED) is 0.809. The minimum Gasteiger partial charge on any atom is -0.458 e. The van der Waals surface area contributed by atoms with Crippen molar-refractivity contribution in [3.05, 3.63) is 43.5 Å². The van der Waals surface area contributed by atoms with Crippen molar-refractivity contribution in [2.45, 2.75) is 45.8 Å². The maximum Gasteiger partial charge on any atom is 0.332 e. The molecule has 1 aromatic heterocycles. The van der Waals surface area contributed by atoms with E-state index in [9.17, 15) is 14.4 Å². The van der Waals surface area contributed by atoms with Crippen molar-refractivity contribution in [1.82, 2.24) is 9.55 Å². The van der Waals surface area contributed by atoms with Gasteiger partial charge < -0.3 is 9.72 Å². The summed E-state index contributed by atoms with van der Waals surface area (Å²) in [5.74, 6) is -0.646. The molecule has 2 rings (SSSR count). The molecule has 7 heteroatoms. The summed E-state index contributed by atoms with van der Waals surface area (Å²) in [4.78, 5) is 40.1. The lowest BCUT2D eigenvalue weighted by molar-refractivity contribution is -0.164. The molecule has 0 spiro atoms. The van der Waals surface area contributed by atoms with E-state index in [1.165, 1.54) is 13.8 Å². The molecule has 0 unspecified atom stereocenters. The van der Waals surface area contributed by atoms with Gasteiger partial charge in [0.15, 0.2) is 0 Å². The normalized spacial score (nSPS) is 12.4. The highest BCUT2D eigenvalue weighted by Crippen LogP contribution is 2.20. The van der Waals surface area contributed by atoms with Crippen LogP contribution in [0.5, 0.6) is 0 Å². The third kappa shape index (κ3) is 3.39. The van der Waals surface area contributed by atoms with Crippen LogP contribution < -0.4 is 11.2 Å². The molecule has 0 aliphatic heterocycles. The minimum atomic E-state index is -1.44. The first-order valence-corrected chi connectivity index (χ1v) is 7.91. The number of rotatable bonds is 2.